The van der Waals surface area contributed by atoms with E-state index < -0.39 is 0 Å². The highest BCUT2D eigenvalue weighted by atomic mass is 32.2. The molecule has 1 aliphatic heterocycles. The van der Waals surface area contributed by atoms with E-state index >= 15 is 0 Å². The van der Waals surface area contributed by atoms with Crippen LogP contribution >= 0.6 is 11.8 Å². The Morgan fingerprint density at radius 1 is 1.28 bits per heavy atom. The maximum atomic E-state index is 12.3. The molecule has 130 valence electrons. The van der Waals surface area contributed by atoms with Crippen LogP contribution in [0.4, 0.5) is 0 Å². The lowest BCUT2D eigenvalue weighted by Gasteiger charge is -2.28. The van der Waals surface area contributed by atoms with Gasteiger partial charge in [-0.1, -0.05) is 30.3 Å². The van der Waals surface area contributed by atoms with Crippen LogP contribution in [0.15, 0.2) is 54.5 Å². The minimum absolute atomic E-state index is 0.0417. The van der Waals surface area contributed by atoms with Crippen molar-refractivity contribution in [1.82, 2.24) is 19.8 Å². The maximum Gasteiger partial charge on any atom is 0.240 e. The van der Waals surface area contributed by atoms with Gasteiger partial charge in [-0.2, -0.15) is 0 Å². The van der Waals surface area contributed by atoms with Crippen LogP contribution in [0.1, 0.15) is 12.0 Å². The summed E-state index contributed by atoms with van der Waals surface area (Å²) in [5.41, 5.74) is 1.73. The molecule has 0 unspecified atom stereocenters. The fourth-order valence-corrected chi connectivity index (χ4v) is 3.38. The number of nitrogens with one attached hydrogen (secondary N) is 1. The number of benzene rings is 1. The standard InChI is InChI=1S/C18H20N4O2S/c23-17(20-7-4-9-21-10-8-19-14-21)11-22-16(12-25-13-18(22)24)15-5-2-1-3-6-15/h1-3,5-6,8,10,12,14H,4,7,9,11,13H2,(H,20,23). The lowest BCUT2D eigenvalue weighted by atomic mass is 10.1. The van der Waals surface area contributed by atoms with Crippen molar-refractivity contribution in [3.63, 3.8) is 0 Å². The molecule has 0 saturated carbocycles. The number of hydrogen-bond acceptors (Lipinski definition) is 4. The molecule has 1 aliphatic rings. The molecule has 2 heterocycles. The number of aryl methyl sites for hydroxylation is 1. The number of aromatic nitrogens is 2. The summed E-state index contributed by atoms with van der Waals surface area (Å²) >= 11 is 1.46. The molecule has 0 fully saturated rings. The number of thioether (sulfide) groups is 1. The Kier molecular flexibility index (Phi) is 5.90. The minimum Gasteiger partial charge on any atom is -0.354 e. The summed E-state index contributed by atoms with van der Waals surface area (Å²) in [7, 11) is 0. The first kappa shape index (κ1) is 17.3. The Hall–Kier alpha value is -2.54. The van der Waals surface area contributed by atoms with Crippen molar-refractivity contribution < 1.29 is 9.59 Å². The van der Waals surface area contributed by atoms with Crippen LogP contribution in [0, 0.1) is 0 Å². The molecule has 6 nitrogen and oxygen atoms in total. The summed E-state index contributed by atoms with van der Waals surface area (Å²) < 4.78 is 1.97. The summed E-state index contributed by atoms with van der Waals surface area (Å²) in [5, 5.41) is 4.83. The second kappa shape index (κ2) is 8.53. The fraction of sp³-hybridized carbons (Fsp3) is 0.278. The number of imidazole rings is 1. The Morgan fingerprint density at radius 3 is 2.88 bits per heavy atom. The van der Waals surface area contributed by atoms with Gasteiger partial charge in [-0.05, 0) is 17.4 Å². The number of carbonyl (C=O) groups excluding carboxylic acids is 2. The van der Waals surface area contributed by atoms with E-state index in [4.69, 9.17) is 0 Å². The predicted octanol–water partition coefficient (Wildman–Crippen LogP) is 1.96. The van der Waals surface area contributed by atoms with E-state index in [2.05, 4.69) is 10.3 Å². The van der Waals surface area contributed by atoms with Gasteiger partial charge >= 0.3 is 0 Å². The highest BCUT2D eigenvalue weighted by molar-refractivity contribution is 8.03. The van der Waals surface area contributed by atoms with Crippen LogP contribution in [-0.2, 0) is 16.1 Å². The smallest absolute Gasteiger partial charge is 0.240 e. The fourth-order valence-electron chi connectivity index (χ4n) is 2.58. The van der Waals surface area contributed by atoms with E-state index in [1.54, 1.807) is 17.4 Å². The molecule has 25 heavy (non-hydrogen) atoms. The first-order valence-corrected chi connectivity index (χ1v) is 9.19. The van der Waals surface area contributed by atoms with Gasteiger partial charge < -0.3 is 14.8 Å². The van der Waals surface area contributed by atoms with Crippen molar-refractivity contribution >= 4 is 29.3 Å². The molecular formula is C18H20N4O2S. The minimum atomic E-state index is -0.146. The molecule has 0 saturated heterocycles. The Balaban J connectivity index is 1.54. The normalized spacial score (nSPS) is 14.3. The van der Waals surface area contributed by atoms with Crippen molar-refractivity contribution in [3.8, 4) is 0 Å². The zero-order valence-electron chi connectivity index (χ0n) is 13.8. The summed E-state index contributed by atoms with van der Waals surface area (Å²) in [6, 6.07) is 9.67. The molecule has 1 aromatic heterocycles. The van der Waals surface area contributed by atoms with Crippen molar-refractivity contribution in [1.29, 1.82) is 0 Å². The van der Waals surface area contributed by atoms with Crippen molar-refractivity contribution in [3.05, 3.63) is 60.0 Å². The van der Waals surface area contributed by atoms with E-state index in [1.807, 2.05) is 46.5 Å². The van der Waals surface area contributed by atoms with E-state index in [0.29, 0.717) is 12.3 Å². The lowest BCUT2D eigenvalue weighted by Crippen LogP contribution is -2.41. The summed E-state index contributed by atoms with van der Waals surface area (Å²) in [6.45, 7) is 1.41. The van der Waals surface area contributed by atoms with Gasteiger partial charge in [0, 0.05) is 25.5 Å². The molecule has 0 spiro atoms. The first-order chi connectivity index (χ1) is 12.2. The number of hydrogen-bond donors (Lipinski definition) is 1. The third kappa shape index (κ3) is 4.73. The highest BCUT2D eigenvalue weighted by Gasteiger charge is 2.25. The molecular weight excluding hydrogens is 336 g/mol. The largest absolute Gasteiger partial charge is 0.354 e. The van der Waals surface area contributed by atoms with E-state index in [9.17, 15) is 9.59 Å². The SMILES string of the molecule is O=C(CN1C(=O)CSC=C1c1ccccc1)NCCCn1ccnc1. The van der Waals surface area contributed by atoms with Gasteiger partial charge in [0.2, 0.25) is 11.8 Å². The van der Waals surface area contributed by atoms with Crippen molar-refractivity contribution in [2.75, 3.05) is 18.8 Å². The third-order valence-electron chi connectivity index (χ3n) is 3.84. The monoisotopic (exact) mass is 356 g/mol. The number of nitrogens with zero attached hydrogens (tertiary/aromatic N) is 3. The van der Waals surface area contributed by atoms with Gasteiger partial charge in [-0.3, -0.25) is 9.59 Å². The van der Waals surface area contributed by atoms with Gasteiger partial charge in [0.1, 0.15) is 6.54 Å². The molecule has 0 bridgehead atoms. The van der Waals surface area contributed by atoms with E-state index in [-0.39, 0.29) is 18.4 Å². The van der Waals surface area contributed by atoms with Crippen molar-refractivity contribution in [2.45, 2.75) is 13.0 Å². The Bertz CT molecular complexity index is 744. The van der Waals surface area contributed by atoms with Gasteiger partial charge in [-0.15, -0.1) is 11.8 Å². The van der Waals surface area contributed by atoms with Gasteiger partial charge in [-0.25, -0.2) is 4.98 Å². The molecule has 2 amide bonds. The first-order valence-electron chi connectivity index (χ1n) is 8.14. The molecule has 0 atom stereocenters. The molecule has 3 rings (SSSR count). The molecule has 1 aromatic carbocycles. The Labute approximate surface area is 150 Å². The van der Waals surface area contributed by atoms with Gasteiger partial charge in [0.25, 0.3) is 0 Å². The topological polar surface area (TPSA) is 67.2 Å². The summed E-state index contributed by atoms with van der Waals surface area (Å²) in [6.07, 6.45) is 6.19. The van der Waals surface area contributed by atoms with Crippen LogP contribution in [0.2, 0.25) is 0 Å². The van der Waals surface area contributed by atoms with Crippen molar-refractivity contribution in [2.24, 2.45) is 0 Å². The van der Waals surface area contributed by atoms with Crippen LogP contribution in [0.25, 0.3) is 5.70 Å². The molecule has 0 radical (unpaired) electrons. The van der Waals surface area contributed by atoms with Gasteiger partial charge in [0.05, 0.1) is 17.8 Å². The number of amides is 2. The Morgan fingerprint density at radius 2 is 2.12 bits per heavy atom. The highest BCUT2D eigenvalue weighted by Crippen LogP contribution is 2.27. The maximum absolute atomic E-state index is 12.3. The number of rotatable bonds is 7. The van der Waals surface area contributed by atoms with E-state index in [1.165, 1.54) is 11.8 Å². The average molecular weight is 356 g/mol. The summed E-state index contributed by atoms with van der Waals surface area (Å²) in [5.74, 6) is 0.178. The second-order valence-electron chi connectivity index (χ2n) is 5.66. The van der Waals surface area contributed by atoms with E-state index in [0.717, 1.165) is 24.2 Å². The van der Waals surface area contributed by atoms with Gasteiger partial charge in [0.15, 0.2) is 0 Å². The zero-order valence-corrected chi connectivity index (χ0v) is 14.6. The molecule has 1 N–H and O–H groups in total. The summed E-state index contributed by atoms with van der Waals surface area (Å²) in [4.78, 5) is 30.1. The average Bonchev–Trinajstić information content (AvgIpc) is 3.15. The molecule has 0 aliphatic carbocycles. The number of carbonyl (C=O) groups is 2. The molecule has 2 aromatic rings. The lowest BCUT2D eigenvalue weighted by molar-refractivity contribution is -0.131. The zero-order chi connectivity index (χ0) is 17.5. The third-order valence-corrected chi connectivity index (χ3v) is 4.64. The predicted molar refractivity (Wildman–Crippen MR) is 98.4 cm³/mol. The van der Waals surface area contributed by atoms with Crippen LogP contribution < -0.4 is 5.32 Å². The van der Waals surface area contributed by atoms with Crippen LogP contribution in [0.3, 0.4) is 0 Å². The van der Waals surface area contributed by atoms with Crippen LogP contribution in [0.5, 0.6) is 0 Å². The second-order valence-corrected chi connectivity index (χ2v) is 6.52. The molecule has 7 heteroatoms. The van der Waals surface area contributed by atoms with Crippen LogP contribution in [-0.4, -0.2) is 45.1 Å². The quantitative estimate of drug-likeness (QED) is 0.770.